The first-order valence-electron chi connectivity index (χ1n) is 10.1. The molecule has 7 nitrogen and oxygen atoms in total. The normalized spacial score (nSPS) is 13.7. The van der Waals surface area contributed by atoms with Crippen LogP contribution in [0.1, 0.15) is 15.9 Å². The Morgan fingerprint density at radius 2 is 1.45 bits per heavy atom. The Morgan fingerprint density at radius 1 is 0.839 bits per heavy atom. The summed E-state index contributed by atoms with van der Waals surface area (Å²) in [4.78, 5) is 28.3. The lowest BCUT2D eigenvalue weighted by molar-refractivity contribution is -0.384. The van der Waals surface area contributed by atoms with E-state index in [1.165, 1.54) is 6.07 Å². The molecule has 0 aromatic heterocycles. The van der Waals surface area contributed by atoms with E-state index in [4.69, 9.17) is 4.74 Å². The van der Waals surface area contributed by atoms with E-state index in [1.807, 2.05) is 35.2 Å². The topological polar surface area (TPSA) is 75.9 Å². The van der Waals surface area contributed by atoms with E-state index in [0.717, 1.165) is 11.4 Å². The van der Waals surface area contributed by atoms with Crippen molar-refractivity contribution in [2.45, 2.75) is 0 Å². The van der Waals surface area contributed by atoms with Gasteiger partial charge in [0.25, 0.3) is 5.69 Å². The van der Waals surface area contributed by atoms with Gasteiger partial charge < -0.3 is 14.5 Å². The Bertz CT molecular complexity index is 1090. The van der Waals surface area contributed by atoms with Gasteiger partial charge in [-0.05, 0) is 24.3 Å². The fourth-order valence-corrected chi connectivity index (χ4v) is 3.91. The molecule has 3 aromatic carbocycles. The molecule has 1 saturated heterocycles. The maximum Gasteiger partial charge on any atom is 0.293 e. The van der Waals surface area contributed by atoms with E-state index in [2.05, 4.69) is 4.90 Å². The summed E-state index contributed by atoms with van der Waals surface area (Å²) in [6.45, 7) is 2.68. The van der Waals surface area contributed by atoms with E-state index in [-0.39, 0.29) is 11.5 Å². The highest BCUT2D eigenvalue weighted by Crippen LogP contribution is 2.33. The molecule has 1 heterocycles. The molecule has 0 bridgehead atoms. The summed E-state index contributed by atoms with van der Waals surface area (Å²) in [5, 5.41) is 11.8. The lowest BCUT2D eigenvalue weighted by Crippen LogP contribution is -2.46. The lowest BCUT2D eigenvalue weighted by atomic mass is 10.0. The van der Waals surface area contributed by atoms with Crippen LogP contribution in [-0.2, 0) is 0 Å². The first-order chi connectivity index (χ1) is 15.1. The molecular weight excluding hydrogens is 394 g/mol. The molecule has 3 aromatic rings. The summed E-state index contributed by atoms with van der Waals surface area (Å²) in [6, 6.07) is 21.4. The Balaban J connectivity index is 1.55. The smallest absolute Gasteiger partial charge is 0.293 e. The van der Waals surface area contributed by atoms with Crippen LogP contribution in [0, 0.1) is 10.1 Å². The Morgan fingerprint density at radius 3 is 2.10 bits per heavy atom. The predicted octanol–water partition coefficient (Wildman–Crippen LogP) is 4.16. The quantitative estimate of drug-likeness (QED) is 0.341. The summed E-state index contributed by atoms with van der Waals surface area (Å²) in [5.74, 6) is 0.585. The van der Waals surface area contributed by atoms with Crippen LogP contribution in [0.2, 0.25) is 0 Å². The maximum atomic E-state index is 12.7. The molecule has 4 rings (SSSR count). The van der Waals surface area contributed by atoms with Crippen molar-refractivity contribution in [1.29, 1.82) is 0 Å². The number of anilines is 2. The van der Waals surface area contributed by atoms with Crippen molar-refractivity contribution in [3.8, 4) is 5.75 Å². The molecular formula is C24H23N3O4. The zero-order valence-electron chi connectivity index (χ0n) is 17.2. The summed E-state index contributed by atoms with van der Waals surface area (Å²) >= 11 is 0. The molecule has 158 valence electrons. The van der Waals surface area contributed by atoms with Gasteiger partial charge in [-0.3, -0.25) is 14.9 Å². The number of carbonyl (C=O) groups excluding carboxylic acids is 1. The molecule has 0 unspecified atom stereocenters. The van der Waals surface area contributed by atoms with Crippen LogP contribution >= 0.6 is 0 Å². The predicted molar refractivity (Wildman–Crippen MR) is 120 cm³/mol. The van der Waals surface area contributed by atoms with Gasteiger partial charge in [-0.25, -0.2) is 0 Å². The van der Waals surface area contributed by atoms with Crippen molar-refractivity contribution in [2.75, 3.05) is 43.1 Å². The summed E-state index contributed by atoms with van der Waals surface area (Å²) in [5.41, 5.74) is 2.33. The minimum atomic E-state index is -0.413. The SMILES string of the molecule is COc1ccccc1N1CCN(c2ccc(C(=O)c3ccccc3)cc2[N+](=O)[O-])CC1. The van der Waals surface area contributed by atoms with Crippen LogP contribution in [-0.4, -0.2) is 44.0 Å². The molecule has 1 fully saturated rings. The third-order valence-electron chi connectivity index (χ3n) is 5.52. The number of ketones is 1. The number of ether oxygens (including phenoxy) is 1. The van der Waals surface area contributed by atoms with Crippen molar-refractivity contribution in [1.82, 2.24) is 0 Å². The molecule has 0 aliphatic carbocycles. The number of carbonyl (C=O) groups is 1. The summed E-state index contributed by atoms with van der Waals surface area (Å²) < 4.78 is 5.46. The number of nitrogens with zero attached hydrogens (tertiary/aromatic N) is 3. The number of rotatable bonds is 6. The van der Waals surface area contributed by atoms with Gasteiger partial charge >= 0.3 is 0 Å². The van der Waals surface area contributed by atoms with Gasteiger partial charge in [0.15, 0.2) is 5.78 Å². The van der Waals surface area contributed by atoms with E-state index in [9.17, 15) is 14.9 Å². The molecule has 31 heavy (non-hydrogen) atoms. The number of nitro benzene ring substituents is 1. The van der Waals surface area contributed by atoms with Crippen molar-refractivity contribution in [3.05, 3.63) is 94.0 Å². The standard InChI is InChI=1S/C24H23N3O4/c1-31-23-10-6-5-9-21(23)26-15-13-25(14-16-26)20-12-11-19(17-22(20)27(29)30)24(28)18-7-3-2-4-8-18/h2-12,17H,13-16H2,1H3. The van der Waals surface area contributed by atoms with E-state index < -0.39 is 4.92 Å². The van der Waals surface area contributed by atoms with Crippen molar-refractivity contribution in [3.63, 3.8) is 0 Å². The average molecular weight is 417 g/mol. The lowest BCUT2D eigenvalue weighted by Gasteiger charge is -2.37. The molecule has 0 N–H and O–H groups in total. The van der Waals surface area contributed by atoms with Crippen LogP contribution in [0.15, 0.2) is 72.8 Å². The second kappa shape index (κ2) is 8.87. The molecule has 1 aliphatic rings. The third kappa shape index (κ3) is 4.21. The highest BCUT2D eigenvalue weighted by Gasteiger charge is 2.26. The number of hydrogen-bond acceptors (Lipinski definition) is 6. The molecule has 1 aliphatic heterocycles. The molecule has 0 amide bonds. The Hall–Kier alpha value is -3.87. The Kier molecular flexibility index (Phi) is 5.84. The number of para-hydroxylation sites is 2. The monoisotopic (exact) mass is 417 g/mol. The first-order valence-corrected chi connectivity index (χ1v) is 10.1. The van der Waals surface area contributed by atoms with E-state index >= 15 is 0 Å². The molecule has 0 atom stereocenters. The fourth-order valence-electron chi connectivity index (χ4n) is 3.91. The van der Waals surface area contributed by atoms with Gasteiger partial charge in [-0.2, -0.15) is 0 Å². The van der Waals surface area contributed by atoms with Gasteiger partial charge in [-0.1, -0.05) is 42.5 Å². The molecule has 7 heteroatoms. The summed E-state index contributed by atoms with van der Waals surface area (Å²) in [7, 11) is 1.65. The van der Waals surface area contributed by atoms with Gasteiger partial charge in [0.1, 0.15) is 11.4 Å². The third-order valence-corrected chi connectivity index (χ3v) is 5.52. The summed E-state index contributed by atoms with van der Waals surface area (Å²) in [6.07, 6.45) is 0. The van der Waals surface area contributed by atoms with Crippen LogP contribution in [0.4, 0.5) is 17.1 Å². The molecule has 0 saturated carbocycles. The highest BCUT2D eigenvalue weighted by molar-refractivity contribution is 6.09. The number of hydrogen-bond donors (Lipinski definition) is 0. The Labute approximate surface area is 180 Å². The largest absolute Gasteiger partial charge is 0.495 e. The van der Waals surface area contributed by atoms with E-state index in [1.54, 1.807) is 43.5 Å². The fraction of sp³-hybridized carbons (Fsp3) is 0.208. The second-order valence-corrected chi connectivity index (χ2v) is 7.30. The molecule has 0 spiro atoms. The van der Waals surface area contributed by atoms with Crippen molar-refractivity contribution >= 4 is 22.8 Å². The van der Waals surface area contributed by atoms with E-state index in [0.29, 0.717) is 43.0 Å². The van der Waals surface area contributed by atoms with Crippen molar-refractivity contribution < 1.29 is 14.5 Å². The van der Waals surface area contributed by atoms with Crippen LogP contribution < -0.4 is 14.5 Å². The van der Waals surface area contributed by atoms with Gasteiger partial charge in [0.05, 0.1) is 17.7 Å². The highest BCUT2D eigenvalue weighted by atomic mass is 16.6. The average Bonchev–Trinajstić information content (AvgIpc) is 2.84. The second-order valence-electron chi connectivity index (χ2n) is 7.30. The number of benzene rings is 3. The minimum Gasteiger partial charge on any atom is -0.495 e. The molecule has 0 radical (unpaired) electrons. The number of methoxy groups -OCH3 is 1. The van der Waals surface area contributed by atoms with Gasteiger partial charge in [0.2, 0.25) is 0 Å². The van der Waals surface area contributed by atoms with Gasteiger partial charge in [-0.15, -0.1) is 0 Å². The zero-order valence-corrected chi connectivity index (χ0v) is 17.2. The first kappa shape index (κ1) is 20.4. The minimum absolute atomic E-state index is 0.0486. The van der Waals surface area contributed by atoms with Crippen molar-refractivity contribution in [2.24, 2.45) is 0 Å². The van der Waals surface area contributed by atoms with Crippen LogP contribution in [0.3, 0.4) is 0 Å². The number of piperazine rings is 1. The number of nitro groups is 1. The van der Waals surface area contributed by atoms with Crippen LogP contribution in [0.5, 0.6) is 5.75 Å². The zero-order chi connectivity index (χ0) is 21.8. The maximum absolute atomic E-state index is 12.7. The van der Waals surface area contributed by atoms with Crippen LogP contribution in [0.25, 0.3) is 0 Å². The van der Waals surface area contributed by atoms with Gasteiger partial charge in [0, 0.05) is 43.4 Å².